The van der Waals surface area contributed by atoms with Crippen LogP contribution in [0.3, 0.4) is 0 Å². The van der Waals surface area contributed by atoms with Gasteiger partial charge in [-0.3, -0.25) is 4.79 Å². The smallest absolute Gasteiger partial charge is 0.233 e. The van der Waals surface area contributed by atoms with E-state index in [9.17, 15) is 9.18 Å². The van der Waals surface area contributed by atoms with Crippen LogP contribution in [0, 0.1) is 5.82 Å². The average molecular weight is 507 g/mol. The van der Waals surface area contributed by atoms with Gasteiger partial charge in [-0.2, -0.15) is 0 Å². The minimum atomic E-state index is -0.244. The normalized spacial score (nSPS) is 13.9. The van der Waals surface area contributed by atoms with Crippen LogP contribution in [0.4, 0.5) is 10.1 Å². The molecule has 5 nitrogen and oxygen atoms in total. The van der Waals surface area contributed by atoms with E-state index >= 15 is 0 Å². The van der Waals surface area contributed by atoms with Gasteiger partial charge in [-0.1, -0.05) is 47.6 Å². The molecule has 35 heavy (non-hydrogen) atoms. The topological polar surface area (TPSA) is 49.3 Å². The fourth-order valence-corrected chi connectivity index (χ4v) is 5.15. The standard InChI is InChI=1S/C27H24ClFN4OS/c28-20-7-5-19(6-8-20)17-25-27(31-24-4-2-1-3-23(24)30-25)35-18-26(34)33-15-13-32(14-16-33)22-11-9-21(29)10-12-22/h1-12H,13-18H2. The second-order valence-electron chi connectivity index (χ2n) is 8.40. The largest absolute Gasteiger partial charge is 0.368 e. The zero-order valence-electron chi connectivity index (χ0n) is 19.0. The second kappa shape index (κ2) is 10.6. The summed E-state index contributed by atoms with van der Waals surface area (Å²) >= 11 is 7.48. The Morgan fingerprint density at radius 2 is 1.54 bits per heavy atom. The Hall–Kier alpha value is -3.16. The maximum absolute atomic E-state index is 13.2. The molecule has 8 heteroatoms. The molecule has 4 aromatic rings. The maximum Gasteiger partial charge on any atom is 0.233 e. The van der Waals surface area contributed by atoms with Gasteiger partial charge in [0.25, 0.3) is 0 Å². The van der Waals surface area contributed by atoms with Gasteiger partial charge in [0, 0.05) is 43.3 Å². The van der Waals surface area contributed by atoms with Crippen LogP contribution in [0.5, 0.6) is 0 Å². The number of amides is 1. The van der Waals surface area contributed by atoms with E-state index < -0.39 is 0 Å². The molecule has 1 aromatic heterocycles. The van der Waals surface area contributed by atoms with Crippen molar-refractivity contribution in [3.05, 3.63) is 94.9 Å². The summed E-state index contributed by atoms with van der Waals surface area (Å²) < 4.78 is 13.2. The Morgan fingerprint density at radius 1 is 0.886 bits per heavy atom. The van der Waals surface area contributed by atoms with Crippen LogP contribution in [0.25, 0.3) is 11.0 Å². The monoisotopic (exact) mass is 506 g/mol. The number of fused-ring (bicyclic) bond motifs is 1. The van der Waals surface area contributed by atoms with Crippen molar-refractivity contribution in [1.82, 2.24) is 14.9 Å². The van der Waals surface area contributed by atoms with Crippen LogP contribution < -0.4 is 4.90 Å². The summed E-state index contributed by atoms with van der Waals surface area (Å²) in [5, 5.41) is 1.47. The van der Waals surface area contributed by atoms with Crippen LogP contribution in [-0.2, 0) is 11.2 Å². The molecule has 2 heterocycles. The van der Waals surface area contributed by atoms with Crippen molar-refractivity contribution in [3.63, 3.8) is 0 Å². The Morgan fingerprint density at radius 3 is 2.23 bits per heavy atom. The quantitative estimate of drug-likeness (QED) is 0.325. The second-order valence-corrected chi connectivity index (χ2v) is 9.80. The lowest BCUT2D eigenvalue weighted by Gasteiger charge is -2.36. The molecule has 0 unspecified atom stereocenters. The molecular formula is C27H24ClFN4OS. The first-order valence-corrected chi connectivity index (χ1v) is 12.8. The van der Waals surface area contributed by atoms with Crippen molar-refractivity contribution in [1.29, 1.82) is 0 Å². The van der Waals surface area contributed by atoms with Crippen molar-refractivity contribution < 1.29 is 9.18 Å². The first kappa shape index (κ1) is 23.6. The molecule has 0 N–H and O–H groups in total. The van der Waals surface area contributed by atoms with Gasteiger partial charge in [0.2, 0.25) is 5.91 Å². The van der Waals surface area contributed by atoms with Crippen LogP contribution in [0.15, 0.2) is 77.8 Å². The molecule has 1 aliphatic rings. The summed E-state index contributed by atoms with van der Waals surface area (Å²) in [4.78, 5) is 26.8. The predicted molar refractivity (Wildman–Crippen MR) is 140 cm³/mol. The van der Waals surface area contributed by atoms with E-state index in [0.29, 0.717) is 30.3 Å². The molecule has 0 spiro atoms. The van der Waals surface area contributed by atoms with Gasteiger partial charge < -0.3 is 9.80 Å². The Bertz CT molecular complexity index is 1330. The van der Waals surface area contributed by atoms with E-state index in [4.69, 9.17) is 21.6 Å². The molecule has 1 amide bonds. The summed E-state index contributed by atoms with van der Waals surface area (Å²) in [5.41, 5.74) is 4.57. The van der Waals surface area contributed by atoms with Crippen LogP contribution in [0.2, 0.25) is 5.02 Å². The molecule has 0 bridgehead atoms. The summed E-state index contributed by atoms with van der Waals surface area (Å²) in [7, 11) is 0. The third-order valence-corrected chi connectivity index (χ3v) is 7.29. The fraction of sp³-hybridized carbons (Fsp3) is 0.222. The zero-order valence-corrected chi connectivity index (χ0v) is 20.6. The van der Waals surface area contributed by atoms with E-state index in [-0.39, 0.29) is 11.7 Å². The predicted octanol–water partition coefficient (Wildman–Crippen LogP) is 5.45. The lowest BCUT2D eigenvalue weighted by Crippen LogP contribution is -2.49. The van der Waals surface area contributed by atoms with Crippen molar-refractivity contribution in [3.8, 4) is 0 Å². The van der Waals surface area contributed by atoms with E-state index in [1.54, 1.807) is 12.1 Å². The summed E-state index contributed by atoms with van der Waals surface area (Å²) in [6.45, 7) is 2.72. The highest BCUT2D eigenvalue weighted by atomic mass is 35.5. The van der Waals surface area contributed by atoms with Crippen molar-refractivity contribution >= 4 is 46.0 Å². The van der Waals surface area contributed by atoms with E-state index in [1.807, 2.05) is 53.4 Å². The number of anilines is 1. The molecule has 0 aliphatic carbocycles. The highest BCUT2D eigenvalue weighted by molar-refractivity contribution is 7.99. The molecule has 0 radical (unpaired) electrons. The van der Waals surface area contributed by atoms with Gasteiger partial charge in [-0.15, -0.1) is 0 Å². The first-order chi connectivity index (χ1) is 17.0. The zero-order chi connectivity index (χ0) is 24.2. The number of thioether (sulfide) groups is 1. The van der Waals surface area contributed by atoms with E-state index in [0.717, 1.165) is 46.1 Å². The van der Waals surface area contributed by atoms with Gasteiger partial charge in [-0.25, -0.2) is 14.4 Å². The number of hydrogen-bond donors (Lipinski definition) is 0. The van der Waals surface area contributed by atoms with Crippen LogP contribution in [0.1, 0.15) is 11.3 Å². The van der Waals surface area contributed by atoms with Crippen molar-refractivity contribution in [2.24, 2.45) is 0 Å². The molecular weight excluding hydrogens is 483 g/mol. The molecule has 1 saturated heterocycles. The van der Waals surface area contributed by atoms with E-state index in [2.05, 4.69) is 4.90 Å². The SMILES string of the molecule is O=C(CSc1nc2ccccc2nc1Cc1ccc(Cl)cc1)N1CCN(c2ccc(F)cc2)CC1. The highest BCUT2D eigenvalue weighted by Crippen LogP contribution is 2.26. The number of benzene rings is 3. The van der Waals surface area contributed by atoms with Gasteiger partial charge in [0.05, 0.1) is 22.5 Å². The molecule has 178 valence electrons. The van der Waals surface area contributed by atoms with Gasteiger partial charge in [0.15, 0.2) is 0 Å². The van der Waals surface area contributed by atoms with E-state index in [1.165, 1.54) is 23.9 Å². The average Bonchev–Trinajstić information content (AvgIpc) is 2.89. The number of aromatic nitrogens is 2. The van der Waals surface area contributed by atoms with Crippen LogP contribution >= 0.6 is 23.4 Å². The van der Waals surface area contributed by atoms with Crippen molar-refractivity contribution in [2.75, 3.05) is 36.8 Å². The summed E-state index contributed by atoms with van der Waals surface area (Å²) in [6, 6.07) is 22.0. The number of hydrogen-bond acceptors (Lipinski definition) is 5. The molecule has 0 saturated carbocycles. The third kappa shape index (κ3) is 5.74. The fourth-order valence-electron chi connectivity index (χ4n) is 4.13. The molecule has 5 rings (SSSR count). The van der Waals surface area contributed by atoms with Crippen LogP contribution in [-0.4, -0.2) is 52.7 Å². The Balaban J connectivity index is 1.26. The molecule has 0 atom stereocenters. The number of carbonyl (C=O) groups is 1. The maximum atomic E-state index is 13.2. The number of halogens is 2. The number of nitrogens with zero attached hydrogens (tertiary/aromatic N) is 4. The number of piperazine rings is 1. The van der Waals surface area contributed by atoms with Crippen molar-refractivity contribution in [2.45, 2.75) is 11.4 Å². The minimum Gasteiger partial charge on any atom is -0.368 e. The number of carbonyl (C=O) groups excluding carboxylic acids is 1. The summed E-state index contributed by atoms with van der Waals surface area (Å²) in [6.07, 6.45) is 0.613. The Labute approximate surface area is 212 Å². The highest BCUT2D eigenvalue weighted by Gasteiger charge is 2.22. The number of rotatable bonds is 6. The number of para-hydroxylation sites is 2. The summed E-state index contributed by atoms with van der Waals surface area (Å²) in [5.74, 6) is 0.143. The van der Waals surface area contributed by atoms with Gasteiger partial charge >= 0.3 is 0 Å². The molecule has 1 fully saturated rings. The lowest BCUT2D eigenvalue weighted by atomic mass is 10.1. The lowest BCUT2D eigenvalue weighted by molar-refractivity contribution is -0.128. The molecule has 3 aromatic carbocycles. The van der Waals surface area contributed by atoms with Gasteiger partial charge in [-0.05, 0) is 54.1 Å². The van der Waals surface area contributed by atoms with Gasteiger partial charge in [0.1, 0.15) is 10.8 Å². The molecule has 1 aliphatic heterocycles. The first-order valence-electron chi connectivity index (χ1n) is 11.5. The Kier molecular flexibility index (Phi) is 7.16. The minimum absolute atomic E-state index is 0.0844. The third-order valence-electron chi connectivity index (χ3n) is 6.05.